The average molecular weight is 400 g/mol. The first kappa shape index (κ1) is 19.4. The van der Waals surface area contributed by atoms with E-state index >= 15 is 0 Å². The fourth-order valence-corrected chi connectivity index (χ4v) is 4.02. The molecule has 1 aromatic rings. The molecule has 2 heterocycles. The van der Waals surface area contributed by atoms with Crippen molar-refractivity contribution in [1.82, 2.24) is 16.0 Å². The van der Waals surface area contributed by atoms with E-state index in [2.05, 4.69) is 16.0 Å². The van der Waals surface area contributed by atoms with Gasteiger partial charge in [-0.1, -0.05) is 6.08 Å². The smallest absolute Gasteiger partial charge is 0.339 e. The van der Waals surface area contributed by atoms with Gasteiger partial charge in [-0.25, -0.2) is 9.59 Å². The molecule has 146 valence electrons. The summed E-state index contributed by atoms with van der Waals surface area (Å²) in [7, 11) is 1.70. The second kappa shape index (κ2) is 8.13. The summed E-state index contributed by atoms with van der Waals surface area (Å²) in [5, 5.41) is 39.4. The van der Waals surface area contributed by atoms with Gasteiger partial charge in [0, 0.05) is 36.5 Å². The van der Waals surface area contributed by atoms with E-state index in [1.807, 2.05) is 16.8 Å². The van der Waals surface area contributed by atoms with Crippen LogP contribution in [0, 0.1) is 11.3 Å². The van der Waals surface area contributed by atoms with E-state index in [0.717, 1.165) is 17.4 Å². The van der Waals surface area contributed by atoms with Crippen molar-refractivity contribution in [2.75, 3.05) is 7.05 Å². The number of aliphatic hydroxyl groups excluding tert-OH is 1. The van der Waals surface area contributed by atoms with Crippen molar-refractivity contribution in [3.63, 3.8) is 0 Å². The summed E-state index contributed by atoms with van der Waals surface area (Å²) in [6, 6.07) is 0.980. The molecule has 9 heteroatoms. The number of hydrogen-bond acceptors (Lipinski definition) is 6. The fraction of sp³-hybridized carbons (Fsp3) is 0.211. The Kier molecular flexibility index (Phi) is 5.65. The highest BCUT2D eigenvalue weighted by atomic mass is 32.1. The Morgan fingerprint density at radius 3 is 2.82 bits per heavy atom. The SMILES string of the molecule is CN/C=C(\C=N)C1=C(c2ccsc2)[C@H](C2C=C(O)C(C(=O)O)=CC2)NC(=O)N1. The van der Waals surface area contributed by atoms with Gasteiger partial charge in [-0.2, -0.15) is 11.3 Å². The van der Waals surface area contributed by atoms with Crippen molar-refractivity contribution in [3.05, 3.63) is 63.3 Å². The average Bonchev–Trinajstić information content (AvgIpc) is 3.19. The Morgan fingerprint density at radius 2 is 2.25 bits per heavy atom. The molecule has 0 aromatic carbocycles. The lowest BCUT2D eigenvalue weighted by Gasteiger charge is -2.35. The number of carboxylic acid groups (broad SMARTS) is 1. The number of amides is 2. The van der Waals surface area contributed by atoms with Crippen molar-refractivity contribution in [2.45, 2.75) is 12.5 Å². The Labute approximate surface area is 165 Å². The first-order valence-corrected chi connectivity index (χ1v) is 9.47. The van der Waals surface area contributed by atoms with Crippen molar-refractivity contribution < 1.29 is 19.8 Å². The van der Waals surface area contributed by atoms with Gasteiger partial charge in [-0.15, -0.1) is 0 Å². The summed E-state index contributed by atoms with van der Waals surface area (Å²) in [5.41, 5.74) is 2.49. The second-order valence-corrected chi connectivity index (χ2v) is 7.06. The van der Waals surface area contributed by atoms with Gasteiger partial charge >= 0.3 is 12.0 Å². The molecule has 1 aliphatic carbocycles. The van der Waals surface area contributed by atoms with Crippen LogP contribution in [0.3, 0.4) is 0 Å². The lowest BCUT2D eigenvalue weighted by molar-refractivity contribution is -0.132. The van der Waals surface area contributed by atoms with Crippen LogP contribution in [-0.4, -0.2) is 41.5 Å². The van der Waals surface area contributed by atoms with E-state index < -0.39 is 18.0 Å². The van der Waals surface area contributed by atoms with E-state index in [4.69, 9.17) is 10.5 Å². The lowest BCUT2D eigenvalue weighted by atomic mass is 9.81. The number of rotatable bonds is 6. The minimum absolute atomic E-state index is 0.145. The molecule has 1 aliphatic heterocycles. The summed E-state index contributed by atoms with van der Waals surface area (Å²) in [6.07, 6.45) is 6.04. The highest BCUT2D eigenvalue weighted by Crippen LogP contribution is 2.36. The number of aliphatic carboxylic acids is 1. The molecule has 3 rings (SSSR count). The van der Waals surface area contributed by atoms with Crippen LogP contribution < -0.4 is 16.0 Å². The zero-order valence-corrected chi connectivity index (χ0v) is 15.8. The number of hydrogen-bond donors (Lipinski definition) is 6. The summed E-state index contributed by atoms with van der Waals surface area (Å²) >= 11 is 1.50. The summed E-state index contributed by atoms with van der Waals surface area (Å²) in [6.45, 7) is 0. The quantitative estimate of drug-likeness (QED) is 0.408. The normalized spacial score (nSPS) is 22.6. The third-order valence-corrected chi connectivity index (χ3v) is 5.27. The number of carbonyl (C=O) groups excluding carboxylic acids is 1. The monoisotopic (exact) mass is 400 g/mol. The molecule has 2 aliphatic rings. The van der Waals surface area contributed by atoms with Gasteiger partial charge in [0.25, 0.3) is 0 Å². The highest BCUT2D eigenvalue weighted by molar-refractivity contribution is 7.08. The minimum atomic E-state index is -1.20. The van der Waals surface area contributed by atoms with Gasteiger partial charge < -0.3 is 31.6 Å². The zero-order chi connectivity index (χ0) is 20.3. The Hall–Kier alpha value is -3.33. The number of urea groups is 1. The molecule has 8 nitrogen and oxygen atoms in total. The van der Waals surface area contributed by atoms with E-state index in [1.54, 1.807) is 13.2 Å². The molecule has 0 saturated heterocycles. The molecule has 0 spiro atoms. The van der Waals surface area contributed by atoms with Crippen molar-refractivity contribution >= 4 is 35.1 Å². The van der Waals surface area contributed by atoms with Crippen LogP contribution in [0.4, 0.5) is 4.79 Å². The molecule has 1 aromatic heterocycles. The summed E-state index contributed by atoms with van der Waals surface area (Å²) < 4.78 is 0. The molecule has 2 atom stereocenters. The fourth-order valence-electron chi connectivity index (χ4n) is 3.37. The predicted octanol–water partition coefficient (Wildman–Crippen LogP) is 2.37. The van der Waals surface area contributed by atoms with Gasteiger partial charge in [0.1, 0.15) is 5.76 Å². The topological polar surface area (TPSA) is 135 Å². The van der Waals surface area contributed by atoms with Crippen LogP contribution in [-0.2, 0) is 4.79 Å². The van der Waals surface area contributed by atoms with Gasteiger partial charge in [0.2, 0.25) is 0 Å². The molecule has 2 amide bonds. The summed E-state index contributed by atoms with van der Waals surface area (Å²) in [5.74, 6) is -1.86. The number of nitrogens with one attached hydrogen (secondary N) is 4. The molecule has 0 radical (unpaired) electrons. The van der Waals surface area contributed by atoms with E-state index in [-0.39, 0.29) is 17.3 Å². The van der Waals surface area contributed by atoms with Crippen LogP contribution in [0.5, 0.6) is 0 Å². The maximum absolute atomic E-state index is 12.4. The van der Waals surface area contributed by atoms with Gasteiger partial charge in [0.05, 0.1) is 17.3 Å². The lowest BCUT2D eigenvalue weighted by Crippen LogP contribution is -2.51. The minimum Gasteiger partial charge on any atom is -0.507 e. The van der Waals surface area contributed by atoms with Crippen LogP contribution in [0.2, 0.25) is 0 Å². The maximum Gasteiger partial charge on any atom is 0.339 e. The first-order valence-electron chi connectivity index (χ1n) is 8.53. The molecular weight excluding hydrogens is 380 g/mol. The molecule has 6 N–H and O–H groups in total. The maximum atomic E-state index is 12.4. The van der Waals surface area contributed by atoms with Gasteiger partial charge in [0.15, 0.2) is 0 Å². The Bertz CT molecular complexity index is 928. The summed E-state index contributed by atoms with van der Waals surface area (Å²) in [4.78, 5) is 23.6. The Morgan fingerprint density at radius 1 is 1.46 bits per heavy atom. The number of carboxylic acids is 1. The third kappa shape index (κ3) is 3.70. The zero-order valence-electron chi connectivity index (χ0n) is 15.0. The van der Waals surface area contributed by atoms with E-state index in [0.29, 0.717) is 17.7 Å². The van der Waals surface area contributed by atoms with Crippen molar-refractivity contribution in [3.8, 4) is 0 Å². The van der Waals surface area contributed by atoms with Gasteiger partial charge in [-0.3, -0.25) is 0 Å². The van der Waals surface area contributed by atoms with Crippen LogP contribution in [0.15, 0.2) is 57.8 Å². The molecule has 0 bridgehead atoms. The molecular formula is C19H20N4O4S. The van der Waals surface area contributed by atoms with Crippen LogP contribution >= 0.6 is 11.3 Å². The second-order valence-electron chi connectivity index (χ2n) is 6.28. The standard InChI is InChI=1S/C19H20N4O4S/c1-21-8-12(7-20)17-15(11-4-5-28-9-11)16(22-19(27)23-17)10-2-3-13(18(25)26)14(24)6-10/h3-10,16,20-21,24H,2H2,1H3,(H,25,26)(H2,22,23,27)/b12-8+,20-7?/t10?,16-/m0/s1. The molecule has 1 unspecified atom stereocenters. The molecule has 0 fully saturated rings. The largest absolute Gasteiger partial charge is 0.507 e. The predicted molar refractivity (Wildman–Crippen MR) is 107 cm³/mol. The number of allylic oxidation sites excluding steroid dienone is 2. The molecule has 28 heavy (non-hydrogen) atoms. The van der Waals surface area contributed by atoms with Crippen molar-refractivity contribution in [1.29, 1.82) is 5.41 Å². The van der Waals surface area contributed by atoms with Crippen molar-refractivity contribution in [2.24, 2.45) is 5.92 Å². The number of carbonyl (C=O) groups is 2. The van der Waals surface area contributed by atoms with Crippen LogP contribution in [0.25, 0.3) is 5.57 Å². The number of thiophene rings is 1. The Balaban J connectivity index is 2.11. The first-order chi connectivity index (χ1) is 13.5. The van der Waals surface area contributed by atoms with E-state index in [9.17, 15) is 14.7 Å². The third-order valence-electron chi connectivity index (χ3n) is 4.58. The van der Waals surface area contributed by atoms with E-state index in [1.165, 1.54) is 23.5 Å². The van der Waals surface area contributed by atoms with Gasteiger partial charge in [-0.05, 0) is 34.9 Å². The molecule has 0 saturated carbocycles. The highest BCUT2D eigenvalue weighted by Gasteiger charge is 2.35. The van der Waals surface area contributed by atoms with Crippen LogP contribution in [0.1, 0.15) is 12.0 Å². The number of aliphatic hydroxyl groups is 1.